The van der Waals surface area contributed by atoms with Crippen molar-refractivity contribution in [2.24, 2.45) is 11.5 Å². The zero-order valence-electron chi connectivity index (χ0n) is 11.5. The number of nitrogens with two attached hydrogens (primary N) is 2. The molecule has 2 atom stereocenters. The van der Waals surface area contributed by atoms with Gasteiger partial charge >= 0.3 is 0 Å². The van der Waals surface area contributed by atoms with Crippen molar-refractivity contribution in [3.8, 4) is 0 Å². The number of hydrogen-bond donors (Lipinski definition) is 2. The molecule has 0 aromatic rings. The van der Waals surface area contributed by atoms with E-state index in [1.54, 1.807) is 0 Å². The van der Waals surface area contributed by atoms with Gasteiger partial charge in [0, 0.05) is 25.0 Å². The zero-order chi connectivity index (χ0) is 14.5. The van der Waals surface area contributed by atoms with E-state index < -0.39 is 15.7 Å². The number of sulfone groups is 1. The first-order valence-corrected chi connectivity index (χ1v) is 8.62. The molecule has 6 nitrogen and oxygen atoms in total. The van der Waals surface area contributed by atoms with Gasteiger partial charge in [0.05, 0.1) is 11.5 Å². The summed E-state index contributed by atoms with van der Waals surface area (Å²) in [5.41, 5.74) is 10.9. The quantitative estimate of drug-likeness (QED) is 0.656. The highest BCUT2D eigenvalue weighted by Crippen LogP contribution is 2.18. The Labute approximate surface area is 115 Å². The first kappa shape index (κ1) is 16.4. The van der Waals surface area contributed by atoms with Gasteiger partial charge in [0.25, 0.3) is 0 Å². The number of hydrogen-bond acceptors (Lipinski definition) is 5. The minimum absolute atomic E-state index is 0.0497. The Balaban J connectivity index is 2.47. The van der Waals surface area contributed by atoms with Gasteiger partial charge in [-0.25, -0.2) is 8.42 Å². The fraction of sp³-hybridized carbons (Fsp3) is 0.917. The van der Waals surface area contributed by atoms with Crippen molar-refractivity contribution in [2.45, 2.75) is 44.7 Å². The maximum Gasteiger partial charge on any atom is 0.218 e. The molecule has 7 heteroatoms. The number of carbonyl (C=O) groups is 1. The molecule has 0 aromatic heterocycles. The number of piperidine rings is 1. The Kier molecular flexibility index (Phi) is 6.22. The highest BCUT2D eigenvalue weighted by Gasteiger charge is 2.26. The number of rotatable bonds is 7. The van der Waals surface area contributed by atoms with Gasteiger partial charge in [-0.3, -0.25) is 9.69 Å². The molecule has 2 unspecified atom stereocenters. The molecule has 4 N–H and O–H groups in total. The van der Waals surface area contributed by atoms with Crippen LogP contribution >= 0.6 is 0 Å². The lowest BCUT2D eigenvalue weighted by atomic mass is 9.97. The average molecular weight is 291 g/mol. The molecular weight excluding hydrogens is 266 g/mol. The third-order valence-corrected chi connectivity index (χ3v) is 5.25. The van der Waals surface area contributed by atoms with Crippen LogP contribution in [0.2, 0.25) is 0 Å². The van der Waals surface area contributed by atoms with E-state index in [1.807, 2.05) is 6.92 Å². The average Bonchev–Trinajstić information content (AvgIpc) is 2.34. The van der Waals surface area contributed by atoms with E-state index in [2.05, 4.69) is 4.90 Å². The first-order chi connectivity index (χ1) is 8.82. The van der Waals surface area contributed by atoms with Gasteiger partial charge in [0.15, 0.2) is 9.84 Å². The summed E-state index contributed by atoms with van der Waals surface area (Å²) < 4.78 is 23.6. The van der Waals surface area contributed by atoms with Crippen molar-refractivity contribution >= 4 is 15.7 Å². The van der Waals surface area contributed by atoms with Crippen molar-refractivity contribution in [1.29, 1.82) is 0 Å². The predicted molar refractivity (Wildman–Crippen MR) is 75.3 cm³/mol. The minimum atomic E-state index is -3.21. The molecule has 0 radical (unpaired) electrons. The smallest absolute Gasteiger partial charge is 0.218 e. The SMILES string of the molecule is CC(N)C1CCCCN1CCS(=O)(=O)CCC(N)=O. The van der Waals surface area contributed by atoms with E-state index in [9.17, 15) is 13.2 Å². The van der Waals surface area contributed by atoms with Crippen LogP contribution in [0.5, 0.6) is 0 Å². The fourth-order valence-corrected chi connectivity index (χ4v) is 3.73. The van der Waals surface area contributed by atoms with E-state index in [-0.39, 0.29) is 30.0 Å². The normalized spacial score (nSPS) is 23.2. The van der Waals surface area contributed by atoms with Crippen LogP contribution in [0.25, 0.3) is 0 Å². The Bertz CT molecular complexity index is 395. The summed E-state index contributed by atoms with van der Waals surface area (Å²) in [6, 6.07) is 0.314. The Morgan fingerprint density at radius 2 is 2.05 bits per heavy atom. The molecule has 0 bridgehead atoms. The summed E-state index contributed by atoms with van der Waals surface area (Å²) >= 11 is 0. The predicted octanol–water partition coefficient (Wildman–Crippen LogP) is -0.522. The van der Waals surface area contributed by atoms with E-state index >= 15 is 0 Å². The molecular formula is C12H25N3O3S. The number of amides is 1. The van der Waals surface area contributed by atoms with Crippen LogP contribution < -0.4 is 11.5 Å². The summed E-state index contributed by atoms with van der Waals surface area (Å²) in [5.74, 6) is -0.655. The van der Waals surface area contributed by atoms with E-state index in [1.165, 1.54) is 0 Å². The van der Waals surface area contributed by atoms with Crippen molar-refractivity contribution in [3.63, 3.8) is 0 Å². The van der Waals surface area contributed by atoms with Gasteiger partial charge in [0.1, 0.15) is 0 Å². The van der Waals surface area contributed by atoms with E-state index in [0.717, 1.165) is 25.8 Å². The highest BCUT2D eigenvalue weighted by atomic mass is 32.2. The summed E-state index contributed by atoms with van der Waals surface area (Å²) in [6.07, 6.45) is 3.17. The maximum atomic E-state index is 11.8. The summed E-state index contributed by atoms with van der Waals surface area (Å²) in [4.78, 5) is 12.8. The van der Waals surface area contributed by atoms with Crippen LogP contribution in [0.4, 0.5) is 0 Å². The molecule has 1 aliphatic rings. The van der Waals surface area contributed by atoms with Crippen molar-refractivity contribution < 1.29 is 13.2 Å². The second-order valence-corrected chi connectivity index (χ2v) is 7.63. The van der Waals surface area contributed by atoms with Crippen LogP contribution in [-0.4, -0.2) is 55.9 Å². The summed E-state index contributed by atoms with van der Waals surface area (Å²) in [7, 11) is -3.21. The van der Waals surface area contributed by atoms with Crippen LogP contribution in [0.15, 0.2) is 0 Å². The Morgan fingerprint density at radius 3 is 2.63 bits per heavy atom. The van der Waals surface area contributed by atoms with Crippen molar-refractivity contribution in [2.75, 3.05) is 24.6 Å². The van der Waals surface area contributed by atoms with Crippen LogP contribution in [-0.2, 0) is 14.6 Å². The number of carbonyl (C=O) groups excluding carboxylic acids is 1. The lowest BCUT2D eigenvalue weighted by Gasteiger charge is -2.37. The van der Waals surface area contributed by atoms with Crippen LogP contribution in [0.3, 0.4) is 0 Å². The molecule has 1 amide bonds. The third-order valence-electron chi connectivity index (χ3n) is 3.62. The second-order valence-electron chi connectivity index (χ2n) is 5.33. The molecule has 112 valence electrons. The van der Waals surface area contributed by atoms with E-state index in [0.29, 0.717) is 6.54 Å². The summed E-state index contributed by atoms with van der Waals surface area (Å²) in [5, 5.41) is 0. The molecule has 1 fully saturated rings. The van der Waals surface area contributed by atoms with Gasteiger partial charge in [0.2, 0.25) is 5.91 Å². The fourth-order valence-electron chi connectivity index (χ4n) is 2.50. The standard InChI is InChI=1S/C12H25N3O3S/c1-10(13)11-4-2-3-6-15(11)7-9-19(17,18)8-5-12(14)16/h10-11H,2-9,13H2,1H3,(H2,14,16). The van der Waals surface area contributed by atoms with E-state index in [4.69, 9.17) is 11.5 Å². The third kappa shape index (κ3) is 5.88. The lowest BCUT2D eigenvalue weighted by Crippen LogP contribution is -2.50. The Morgan fingerprint density at radius 1 is 1.37 bits per heavy atom. The Hall–Kier alpha value is -0.660. The van der Waals surface area contributed by atoms with Gasteiger partial charge in [-0.1, -0.05) is 6.42 Å². The molecule has 0 aromatic carbocycles. The number of likely N-dealkylation sites (tertiary alicyclic amines) is 1. The van der Waals surface area contributed by atoms with Gasteiger partial charge < -0.3 is 11.5 Å². The topological polar surface area (TPSA) is 106 Å². The molecule has 1 heterocycles. The number of primary amides is 1. The zero-order valence-corrected chi connectivity index (χ0v) is 12.4. The molecule has 0 saturated carbocycles. The van der Waals surface area contributed by atoms with Crippen LogP contribution in [0, 0.1) is 0 Å². The van der Waals surface area contributed by atoms with Crippen LogP contribution in [0.1, 0.15) is 32.6 Å². The molecule has 0 spiro atoms. The molecule has 0 aliphatic carbocycles. The molecule has 1 rings (SSSR count). The molecule has 1 aliphatic heterocycles. The molecule has 19 heavy (non-hydrogen) atoms. The van der Waals surface area contributed by atoms with Gasteiger partial charge in [-0.05, 0) is 26.3 Å². The highest BCUT2D eigenvalue weighted by molar-refractivity contribution is 7.91. The largest absolute Gasteiger partial charge is 0.370 e. The summed E-state index contributed by atoms with van der Waals surface area (Å²) in [6.45, 7) is 3.36. The maximum absolute atomic E-state index is 11.8. The molecule has 1 saturated heterocycles. The second kappa shape index (κ2) is 7.21. The van der Waals surface area contributed by atoms with Crippen molar-refractivity contribution in [1.82, 2.24) is 4.90 Å². The lowest BCUT2D eigenvalue weighted by molar-refractivity contribution is -0.117. The van der Waals surface area contributed by atoms with Gasteiger partial charge in [-0.15, -0.1) is 0 Å². The first-order valence-electron chi connectivity index (χ1n) is 6.80. The minimum Gasteiger partial charge on any atom is -0.370 e. The van der Waals surface area contributed by atoms with Crippen molar-refractivity contribution in [3.05, 3.63) is 0 Å². The monoisotopic (exact) mass is 291 g/mol. The number of nitrogens with zero attached hydrogens (tertiary/aromatic N) is 1. The van der Waals surface area contributed by atoms with Gasteiger partial charge in [-0.2, -0.15) is 0 Å².